The maximum atomic E-state index is 12.6. The van der Waals surface area contributed by atoms with Crippen LogP contribution < -0.4 is 9.47 Å². The Morgan fingerprint density at radius 1 is 0.853 bits per heavy atom. The highest BCUT2D eigenvalue weighted by Crippen LogP contribution is 2.31. The van der Waals surface area contributed by atoms with Crippen LogP contribution in [0, 0.1) is 0 Å². The van der Waals surface area contributed by atoms with Gasteiger partial charge >= 0.3 is 5.97 Å². The summed E-state index contributed by atoms with van der Waals surface area (Å²) in [7, 11) is 0. The second-order valence-electron chi connectivity index (χ2n) is 7.78. The number of nitrogens with zero attached hydrogens (tertiary/aromatic N) is 1. The Kier molecular flexibility index (Phi) is 6.08. The van der Waals surface area contributed by atoms with E-state index in [0.29, 0.717) is 30.6 Å². The highest BCUT2D eigenvalue weighted by atomic mass is 16.6. The third kappa shape index (κ3) is 4.55. The monoisotopic (exact) mass is 449 g/mol. The maximum absolute atomic E-state index is 12.6. The molecule has 0 bridgehead atoms. The molecule has 0 radical (unpaired) electrons. The van der Waals surface area contributed by atoms with Crippen LogP contribution in [0.4, 0.5) is 0 Å². The van der Waals surface area contributed by atoms with Gasteiger partial charge in [-0.25, -0.2) is 9.79 Å². The van der Waals surface area contributed by atoms with Gasteiger partial charge < -0.3 is 14.2 Å². The lowest BCUT2D eigenvalue weighted by Crippen LogP contribution is -2.05. The fourth-order valence-electron chi connectivity index (χ4n) is 3.83. The standard InChI is InChI=1S/C29H23NO4/c1-2-32-27-18-21(15-16-26(27)33-19-20-9-4-3-5-10-20)17-25-29(31)34-28(30-25)24-14-8-12-22-11-6-7-13-23(22)24/h3-18H,2,19H2,1H3. The van der Waals surface area contributed by atoms with E-state index >= 15 is 0 Å². The predicted molar refractivity (Wildman–Crippen MR) is 133 cm³/mol. The number of carbonyl (C=O) groups is 1. The molecule has 0 aromatic heterocycles. The number of fused-ring (bicyclic) bond motifs is 1. The lowest BCUT2D eigenvalue weighted by Gasteiger charge is -2.12. The summed E-state index contributed by atoms with van der Waals surface area (Å²) in [6.07, 6.45) is 1.70. The van der Waals surface area contributed by atoms with Crippen molar-refractivity contribution < 1.29 is 19.0 Å². The molecule has 1 aliphatic rings. The molecule has 4 aromatic carbocycles. The van der Waals surface area contributed by atoms with Crippen molar-refractivity contribution >= 4 is 28.7 Å². The topological polar surface area (TPSA) is 57.1 Å². The maximum Gasteiger partial charge on any atom is 0.363 e. The van der Waals surface area contributed by atoms with Gasteiger partial charge in [0.15, 0.2) is 17.2 Å². The Morgan fingerprint density at radius 3 is 2.50 bits per heavy atom. The average Bonchev–Trinajstić information content (AvgIpc) is 3.23. The minimum absolute atomic E-state index is 0.239. The molecule has 0 atom stereocenters. The Morgan fingerprint density at radius 2 is 1.65 bits per heavy atom. The number of aliphatic imine (C=N–C) groups is 1. The van der Waals surface area contributed by atoms with Gasteiger partial charge in [0.1, 0.15) is 6.61 Å². The second-order valence-corrected chi connectivity index (χ2v) is 7.78. The predicted octanol–water partition coefficient (Wildman–Crippen LogP) is 6.16. The summed E-state index contributed by atoms with van der Waals surface area (Å²) in [5.41, 5.74) is 2.86. The van der Waals surface area contributed by atoms with Crippen LogP contribution in [0.15, 0.2) is 102 Å². The van der Waals surface area contributed by atoms with Crippen molar-refractivity contribution in [2.45, 2.75) is 13.5 Å². The first-order valence-electron chi connectivity index (χ1n) is 11.2. The molecule has 5 rings (SSSR count). The van der Waals surface area contributed by atoms with Crippen LogP contribution in [-0.4, -0.2) is 18.5 Å². The van der Waals surface area contributed by atoms with E-state index in [1.165, 1.54) is 0 Å². The number of cyclic esters (lactones) is 1. The molecule has 0 unspecified atom stereocenters. The molecular formula is C29H23NO4. The van der Waals surface area contributed by atoms with Gasteiger partial charge in [-0.3, -0.25) is 0 Å². The van der Waals surface area contributed by atoms with Crippen LogP contribution in [-0.2, 0) is 16.1 Å². The van der Waals surface area contributed by atoms with Crippen LogP contribution in [0.2, 0.25) is 0 Å². The molecule has 1 heterocycles. The Balaban J connectivity index is 1.42. The minimum atomic E-state index is -0.481. The first-order valence-corrected chi connectivity index (χ1v) is 11.2. The van der Waals surface area contributed by atoms with Gasteiger partial charge in [0.25, 0.3) is 0 Å². The van der Waals surface area contributed by atoms with Crippen molar-refractivity contribution in [2.24, 2.45) is 4.99 Å². The van der Waals surface area contributed by atoms with Crippen molar-refractivity contribution in [1.82, 2.24) is 0 Å². The summed E-state index contributed by atoms with van der Waals surface area (Å²) in [6.45, 7) is 2.85. The fraction of sp³-hybridized carbons (Fsp3) is 0.103. The highest BCUT2D eigenvalue weighted by molar-refractivity contribution is 6.17. The Bertz CT molecular complexity index is 1400. The molecule has 0 aliphatic carbocycles. The fourth-order valence-corrected chi connectivity index (χ4v) is 3.83. The molecule has 4 aromatic rings. The van der Waals surface area contributed by atoms with Gasteiger partial charge in [0.2, 0.25) is 5.90 Å². The van der Waals surface area contributed by atoms with Crippen molar-refractivity contribution in [3.05, 3.63) is 113 Å². The van der Waals surface area contributed by atoms with Gasteiger partial charge in [-0.05, 0) is 53.1 Å². The van der Waals surface area contributed by atoms with Crippen LogP contribution >= 0.6 is 0 Å². The molecular weight excluding hydrogens is 426 g/mol. The molecule has 0 fully saturated rings. The molecule has 0 saturated carbocycles. The van der Waals surface area contributed by atoms with E-state index in [4.69, 9.17) is 14.2 Å². The smallest absolute Gasteiger partial charge is 0.363 e. The lowest BCUT2D eigenvalue weighted by atomic mass is 10.0. The van der Waals surface area contributed by atoms with E-state index < -0.39 is 5.97 Å². The van der Waals surface area contributed by atoms with E-state index in [1.54, 1.807) is 6.08 Å². The largest absolute Gasteiger partial charge is 0.490 e. The number of hydrogen-bond acceptors (Lipinski definition) is 5. The zero-order chi connectivity index (χ0) is 23.3. The number of esters is 1. The van der Waals surface area contributed by atoms with E-state index in [-0.39, 0.29) is 5.70 Å². The third-order valence-electron chi connectivity index (χ3n) is 5.45. The summed E-state index contributed by atoms with van der Waals surface area (Å²) >= 11 is 0. The van der Waals surface area contributed by atoms with Crippen LogP contribution in [0.3, 0.4) is 0 Å². The number of rotatable bonds is 7. The lowest BCUT2D eigenvalue weighted by molar-refractivity contribution is -0.129. The molecule has 0 amide bonds. The molecule has 34 heavy (non-hydrogen) atoms. The summed E-state index contributed by atoms with van der Waals surface area (Å²) < 4.78 is 17.3. The first-order chi connectivity index (χ1) is 16.7. The zero-order valence-electron chi connectivity index (χ0n) is 18.7. The molecule has 0 saturated heterocycles. The van der Waals surface area contributed by atoms with Gasteiger partial charge in [-0.2, -0.15) is 0 Å². The molecule has 1 aliphatic heterocycles. The molecule has 0 spiro atoms. The van der Waals surface area contributed by atoms with Gasteiger partial charge in [-0.15, -0.1) is 0 Å². The van der Waals surface area contributed by atoms with E-state index in [0.717, 1.165) is 27.5 Å². The van der Waals surface area contributed by atoms with Crippen molar-refractivity contribution in [3.8, 4) is 11.5 Å². The number of hydrogen-bond donors (Lipinski definition) is 0. The molecule has 0 N–H and O–H groups in total. The van der Waals surface area contributed by atoms with Gasteiger partial charge in [0, 0.05) is 5.56 Å². The summed E-state index contributed by atoms with van der Waals surface area (Å²) in [6, 6.07) is 29.3. The number of ether oxygens (including phenoxy) is 3. The van der Waals surface area contributed by atoms with E-state index in [9.17, 15) is 4.79 Å². The molecule has 5 heteroatoms. The summed E-state index contributed by atoms with van der Waals surface area (Å²) in [5.74, 6) is 1.07. The van der Waals surface area contributed by atoms with E-state index in [1.807, 2.05) is 97.9 Å². The van der Waals surface area contributed by atoms with Crippen molar-refractivity contribution in [2.75, 3.05) is 6.61 Å². The summed E-state index contributed by atoms with van der Waals surface area (Å²) in [4.78, 5) is 17.1. The molecule has 5 nitrogen and oxygen atoms in total. The first kappa shape index (κ1) is 21.5. The van der Waals surface area contributed by atoms with Crippen LogP contribution in [0.25, 0.3) is 16.8 Å². The Hall–Kier alpha value is -4.38. The van der Waals surface area contributed by atoms with Crippen LogP contribution in [0.5, 0.6) is 11.5 Å². The average molecular weight is 450 g/mol. The van der Waals surface area contributed by atoms with Crippen molar-refractivity contribution in [3.63, 3.8) is 0 Å². The minimum Gasteiger partial charge on any atom is -0.490 e. The third-order valence-corrected chi connectivity index (χ3v) is 5.45. The zero-order valence-corrected chi connectivity index (χ0v) is 18.7. The SMILES string of the molecule is CCOc1cc(C=C2N=C(c3cccc4ccccc34)OC2=O)ccc1OCc1ccccc1. The van der Waals surface area contributed by atoms with Crippen LogP contribution in [0.1, 0.15) is 23.6 Å². The second kappa shape index (κ2) is 9.63. The van der Waals surface area contributed by atoms with Crippen molar-refractivity contribution in [1.29, 1.82) is 0 Å². The quantitative estimate of drug-likeness (QED) is 0.250. The highest BCUT2D eigenvalue weighted by Gasteiger charge is 2.25. The normalized spacial score (nSPS) is 14.2. The van der Waals surface area contributed by atoms with Gasteiger partial charge in [0.05, 0.1) is 6.61 Å². The molecule has 168 valence electrons. The number of carbonyl (C=O) groups excluding carboxylic acids is 1. The number of benzene rings is 4. The van der Waals surface area contributed by atoms with Gasteiger partial charge in [-0.1, -0.05) is 72.8 Å². The van der Waals surface area contributed by atoms with E-state index in [2.05, 4.69) is 4.99 Å². The summed E-state index contributed by atoms with van der Waals surface area (Å²) in [5, 5.41) is 2.04. The Labute approximate surface area is 197 Å².